The van der Waals surface area contributed by atoms with E-state index in [1.54, 1.807) is 7.11 Å². The van der Waals surface area contributed by atoms with E-state index in [1.165, 1.54) is 5.56 Å². The summed E-state index contributed by atoms with van der Waals surface area (Å²) >= 11 is 0. The number of piperidine rings is 1. The summed E-state index contributed by atoms with van der Waals surface area (Å²) in [6.07, 6.45) is 1.58. The van der Waals surface area contributed by atoms with E-state index in [2.05, 4.69) is 24.0 Å². The molecule has 0 aliphatic carbocycles. The summed E-state index contributed by atoms with van der Waals surface area (Å²) in [5.74, 6) is 0.789. The molecule has 1 heterocycles. The van der Waals surface area contributed by atoms with E-state index >= 15 is 0 Å². The van der Waals surface area contributed by atoms with Gasteiger partial charge in [0.05, 0.1) is 18.8 Å². The third-order valence-electron chi connectivity index (χ3n) is 5.59. The van der Waals surface area contributed by atoms with Gasteiger partial charge in [-0.05, 0) is 43.0 Å². The van der Waals surface area contributed by atoms with Gasteiger partial charge in [0, 0.05) is 25.6 Å². The monoisotopic (exact) mass is 355 g/mol. The molecule has 0 unspecified atom stereocenters. The van der Waals surface area contributed by atoms with Crippen molar-refractivity contribution < 1.29 is 14.9 Å². The average Bonchev–Trinajstić information content (AvgIpc) is 2.68. The molecule has 4 nitrogen and oxygen atoms in total. The van der Waals surface area contributed by atoms with Gasteiger partial charge in [-0.2, -0.15) is 0 Å². The topological polar surface area (TPSA) is 52.9 Å². The first-order valence-corrected chi connectivity index (χ1v) is 9.33. The maximum absolute atomic E-state index is 10.9. The van der Waals surface area contributed by atoms with Crippen molar-refractivity contribution >= 4 is 0 Å². The number of likely N-dealkylation sites (tertiary alicyclic amines) is 1. The van der Waals surface area contributed by atoms with E-state index in [0.717, 1.165) is 37.2 Å². The molecule has 0 saturated carbocycles. The first kappa shape index (κ1) is 18.9. The highest BCUT2D eigenvalue weighted by molar-refractivity contribution is 5.29. The molecule has 2 aromatic rings. The molecule has 1 saturated heterocycles. The number of aliphatic hydroxyl groups excluding tert-OH is 1. The van der Waals surface area contributed by atoms with Gasteiger partial charge in [-0.15, -0.1) is 0 Å². The number of nitrogens with zero attached hydrogens (tertiary/aromatic N) is 1. The van der Waals surface area contributed by atoms with Crippen molar-refractivity contribution in [3.05, 3.63) is 65.7 Å². The second kappa shape index (κ2) is 8.21. The molecule has 0 bridgehead atoms. The van der Waals surface area contributed by atoms with Crippen LogP contribution in [0.3, 0.4) is 0 Å². The Morgan fingerprint density at radius 3 is 2.23 bits per heavy atom. The molecule has 0 radical (unpaired) electrons. The highest BCUT2D eigenvalue weighted by Crippen LogP contribution is 2.30. The smallest absolute Gasteiger partial charge is 0.118 e. The summed E-state index contributed by atoms with van der Waals surface area (Å²) < 4.78 is 5.18. The van der Waals surface area contributed by atoms with Crippen LogP contribution in [0.5, 0.6) is 5.75 Å². The maximum atomic E-state index is 10.9. The van der Waals surface area contributed by atoms with Gasteiger partial charge in [0.25, 0.3) is 0 Å². The molecule has 0 amide bonds. The van der Waals surface area contributed by atoms with Crippen molar-refractivity contribution in [2.45, 2.75) is 43.9 Å². The van der Waals surface area contributed by atoms with E-state index in [9.17, 15) is 10.2 Å². The van der Waals surface area contributed by atoms with Crippen LogP contribution in [0, 0.1) is 0 Å². The van der Waals surface area contributed by atoms with Crippen molar-refractivity contribution in [3.8, 4) is 5.75 Å². The fraction of sp³-hybridized carbons (Fsp3) is 0.455. The number of benzene rings is 2. The fourth-order valence-corrected chi connectivity index (χ4v) is 3.78. The van der Waals surface area contributed by atoms with Gasteiger partial charge in [-0.25, -0.2) is 0 Å². The lowest BCUT2D eigenvalue weighted by atomic mass is 9.84. The number of methoxy groups -OCH3 is 1. The summed E-state index contributed by atoms with van der Waals surface area (Å²) in [6, 6.07) is 17.7. The molecular weight excluding hydrogens is 326 g/mol. The number of rotatable bonds is 6. The Balaban J connectivity index is 1.57. The number of aliphatic hydroxyl groups is 2. The van der Waals surface area contributed by atoms with Crippen molar-refractivity contribution in [2.24, 2.45) is 0 Å². The lowest BCUT2D eigenvalue weighted by Gasteiger charge is -2.42. The Bertz CT molecular complexity index is 678. The molecule has 4 heteroatoms. The second-order valence-corrected chi connectivity index (χ2v) is 7.38. The summed E-state index contributed by atoms with van der Waals surface area (Å²) in [7, 11) is 1.64. The van der Waals surface area contributed by atoms with E-state index in [0.29, 0.717) is 6.42 Å². The average molecular weight is 355 g/mol. The minimum atomic E-state index is -0.650. The summed E-state index contributed by atoms with van der Waals surface area (Å²) in [5, 5.41) is 21.7. The third-order valence-corrected chi connectivity index (χ3v) is 5.59. The highest BCUT2D eigenvalue weighted by Gasteiger charge is 2.35. The van der Waals surface area contributed by atoms with E-state index in [-0.39, 0.29) is 6.04 Å². The van der Waals surface area contributed by atoms with Crippen LogP contribution < -0.4 is 4.74 Å². The molecule has 0 spiro atoms. The van der Waals surface area contributed by atoms with Gasteiger partial charge in [-0.3, -0.25) is 4.90 Å². The number of ether oxygens (including phenoxy) is 1. The molecule has 140 valence electrons. The molecule has 0 aromatic heterocycles. The molecule has 2 N–H and O–H groups in total. The number of hydrogen-bond acceptors (Lipinski definition) is 4. The van der Waals surface area contributed by atoms with Crippen LogP contribution in [-0.4, -0.2) is 47.0 Å². The van der Waals surface area contributed by atoms with Crippen molar-refractivity contribution in [1.29, 1.82) is 0 Å². The molecule has 1 aliphatic rings. The molecule has 1 fully saturated rings. The zero-order valence-electron chi connectivity index (χ0n) is 15.6. The largest absolute Gasteiger partial charge is 0.497 e. The summed E-state index contributed by atoms with van der Waals surface area (Å²) in [4.78, 5) is 2.27. The lowest BCUT2D eigenvalue weighted by molar-refractivity contribution is -0.0456. The minimum absolute atomic E-state index is 0.00432. The van der Waals surface area contributed by atoms with Crippen LogP contribution in [-0.2, 0) is 6.42 Å². The first-order valence-electron chi connectivity index (χ1n) is 9.33. The van der Waals surface area contributed by atoms with Crippen LogP contribution in [0.2, 0.25) is 0 Å². The molecule has 3 rings (SSSR count). The maximum Gasteiger partial charge on any atom is 0.118 e. The predicted molar refractivity (Wildman–Crippen MR) is 103 cm³/mol. The first-order chi connectivity index (χ1) is 12.5. The SMILES string of the molecule is COc1ccc([C@H](O)[C@H](C)N2CCC(O)(Cc3ccccc3)CC2)cc1. The third kappa shape index (κ3) is 4.44. The van der Waals surface area contributed by atoms with Gasteiger partial charge in [0.15, 0.2) is 0 Å². The Morgan fingerprint density at radius 1 is 1.04 bits per heavy atom. The summed E-state index contributed by atoms with van der Waals surface area (Å²) in [6.45, 7) is 3.63. The zero-order valence-corrected chi connectivity index (χ0v) is 15.6. The Kier molecular flexibility index (Phi) is 5.97. The zero-order chi connectivity index (χ0) is 18.6. The van der Waals surface area contributed by atoms with Gasteiger partial charge in [0.2, 0.25) is 0 Å². The molecule has 2 aromatic carbocycles. The van der Waals surface area contributed by atoms with Crippen molar-refractivity contribution in [3.63, 3.8) is 0 Å². The predicted octanol–water partition coefficient (Wildman–Crippen LogP) is 3.19. The van der Waals surface area contributed by atoms with Crippen LogP contribution in [0.15, 0.2) is 54.6 Å². The molecule has 1 aliphatic heterocycles. The second-order valence-electron chi connectivity index (χ2n) is 7.38. The van der Waals surface area contributed by atoms with Crippen molar-refractivity contribution in [1.82, 2.24) is 4.90 Å². The normalized spacial score (nSPS) is 19.7. The van der Waals surface area contributed by atoms with Crippen LogP contribution >= 0.6 is 0 Å². The molecule has 26 heavy (non-hydrogen) atoms. The van der Waals surface area contributed by atoms with E-state index in [4.69, 9.17) is 4.74 Å². The van der Waals surface area contributed by atoms with Crippen LogP contribution in [0.1, 0.15) is 37.0 Å². The minimum Gasteiger partial charge on any atom is -0.497 e. The lowest BCUT2D eigenvalue weighted by Crippen LogP contribution is -2.49. The van der Waals surface area contributed by atoms with Crippen LogP contribution in [0.4, 0.5) is 0 Å². The van der Waals surface area contributed by atoms with Gasteiger partial charge >= 0.3 is 0 Å². The van der Waals surface area contributed by atoms with Crippen molar-refractivity contribution in [2.75, 3.05) is 20.2 Å². The Hall–Kier alpha value is -1.88. The van der Waals surface area contributed by atoms with Gasteiger partial charge in [-0.1, -0.05) is 42.5 Å². The van der Waals surface area contributed by atoms with Gasteiger partial charge < -0.3 is 14.9 Å². The standard InChI is InChI=1S/C22H29NO3/c1-17(21(24)19-8-10-20(26-2)11-9-19)23-14-12-22(25,13-15-23)16-18-6-4-3-5-7-18/h3-11,17,21,24-25H,12-16H2,1-2H3/t17-,21+/m0/s1. The quantitative estimate of drug-likeness (QED) is 0.836. The highest BCUT2D eigenvalue weighted by atomic mass is 16.5. The van der Waals surface area contributed by atoms with Gasteiger partial charge in [0.1, 0.15) is 5.75 Å². The van der Waals surface area contributed by atoms with E-state index in [1.807, 2.05) is 42.5 Å². The Labute approximate surface area is 156 Å². The van der Waals surface area contributed by atoms with Crippen LogP contribution in [0.25, 0.3) is 0 Å². The van der Waals surface area contributed by atoms with E-state index < -0.39 is 11.7 Å². The number of hydrogen-bond donors (Lipinski definition) is 2. The summed E-state index contributed by atoms with van der Waals surface area (Å²) in [5.41, 5.74) is 1.42. The fourth-order valence-electron chi connectivity index (χ4n) is 3.78. The Morgan fingerprint density at radius 2 is 1.65 bits per heavy atom. The molecule has 2 atom stereocenters. The molecular formula is C22H29NO3.